The maximum atomic E-state index is 5.97. The molecule has 4 rings (SSSR count). The summed E-state index contributed by atoms with van der Waals surface area (Å²) in [6, 6.07) is 15.5. The summed E-state index contributed by atoms with van der Waals surface area (Å²) < 4.78 is 7.29. The molecule has 0 aliphatic rings. The standard InChI is InChI=1S/C18H14ClN3OS/c1-23-15-8-2-12(3-9-15)16-17(22-10-11-24-18(22)21-16)20-14-6-4-13(19)5-7-14/h2-11,20H,1H3. The van der Waals surface area contributed by atoms with Crippen molar-refractivity contribution in [1.82, 2.24) is 9.38 Å². The van der Waals surface area contributed by atoms with Crippen molar-refractivity contribution in [1.29, 1.82) is 0 Å². The number of nitrogens with zero attached hydrogens (tertiary/aromatic N) is 2. The Kier molecular flexibility index (Phi) is 3.88. The van der Waals surface area contributed by atoms with Crippen LogP contribution < -0.4 is 10.1 Å². The molecule has 0 bridgehead atoms. The van der Waals surface area contributed by atoms with Crippen molar-refractivity contribution in [3.8, 4) is 17.0 Å². The zero-order chi connectivity index (χ0) is 16.5. The summed E-state index contributed by atoms with van der Waals surface area (Å²) >= 11 is 7.58. The minimum atomic E-state index is 0.713. The second-order valence-corrected chi connectivity index (χ2v) is 6.53. The summed E-state index contributed by atoms with van der Waals surface area (Å²) in [5, 5.41) is 6.19. The number of fused-ring (bicyclic) bond motifs is 1. The third-order valence-corrected chi connectivity index (χ3v) is 4.74. The van der Waals surface area contributed by atoms with Gasteiger partial charge in [0, 0.05) is 27.9 Å². The Balaban J connectivity index is 1.79. The molecule has 0 amide bonds. The van der Waals surface area contributed by atoms with Crippen LogP contribution >= 0.6 is 22.9 Å². The van der Waals surface area contributed by atoms with Crippen LogP contribution in [0, 0.1) is 0 Å². The summed E-state index contributed by atoms with van der Waals surface area (Å²) in [5.74, 6) is 1.76. The van der Waals surface area contributed by atoms with E-state index in [0.29, 0.717) is 5.02 Å². The van der Waals surface area contributed by atoms with Gasteiger partial charge in [0.1, 0.15) is 17.3 Å². The van der Waals surface area contributed by atoms with E-state index in [1.807, 2.05) is 60.1 Å². The zero-order valence-electron chi connectivity index (χ0n) is 12.9. The van der Waals surface area contributed by atoms with E-state index in [4.69, 9.17) is 21.3 Å². The van der Waals surface area contributed by atoms with Crippen molar-refractivity contribution < 1.29 is 4.74 Å². The lowest BCUT2D eigenvalue weighted by Crippen LogP contribution is -1.95. The molecule has 1 N–H and O–H groups in total. The van der Waals surface area contributed by atoms with Crippen molar-refractivity contribution in [3.05, 3.63) is 65.1 Å². The SMILES string of the molecule is COc1ccc(-c2nc3sccn3c2Nc2ccc(Cl)cc2)cc1. The monoisotopic (exact) mass is 355 g/mol. The first-order chi connectivity index (χ1) is 11.7. The first kappa shape index (κ1) is 15.1. The quantitative estimate of drug-likeness (QED) is 0.527. The molecule has 6 heteroatoms. The van der Waals surface area contributed by atoms with Gasteiger partial charge in [-0.3, -0.25) is 4.40 Å². The normalized spacial score (nSPS) is 10.9. The minimum absolute atomic E-state index is 0.713. The number of methoxy groups -OCH3 is 1. The number of ether oxygens (including phenoxy) is 1. The first-order valence-electron chi connectivity index (χ1n) is 7.37. The van der Waals surface area contributed by atoms with Gasteiger partial charge in [0.25, 0.3) is 0 Å². The lowest BCUT2D eigenvalue weighted by molar-refractivity contribution is 0.415. The molecular formula is C18H14ClN3OS. The van der Waals surface area contributed by atoms with E-state index < -0.39 is 0 Å². The van der Waals surface area contributed by atoms with E-state index in [9.17, 15) is 0 Å². The number of halogens is 1. The number of imidazole rings is 1. The van der Waals surface area contributed by atoms with Gasteiger partial charge in [0.2, 0.25) is 0 Å². The highest BCUT2D eigenvalue weighted by Gasteiger charge is 2.15. The molecule has 0 atom stereocenters. The molecule has 4 aromatic rings. The van der Waals surface area contributed by atoms with E-state index in [2.05, 4.69) is 9.72 Å². The number of aromatic nitrogens is 2. The van der Waals surface area contributed by atoms with Crippen molar-refractivity contribution >= 4 is 39.4 Å². The molecule has 120 valence electrons. The summed E-state index contributed by atoms with van der Waals surface area (Å²) in [6.45, 7) is 0. The average molecular weight is 356 g/mol. The molecule has 0 saturated heterocycles. The fourth-order valence-corrected chi connectivity index (χ4v) is 3.37. The highest BCUT2D eigenvalue weighted by atomic mass is 35.5. The second-order valence-electron chi connectivity index (χ2n) is 5.22. The van der Waals surface area contributed by atoms with E-state index in [0.717, 1.165) is 33.5 Å². The van der Waals surface area contributed by atoms with Crippen molar-refractivity contribution in [2.45, 2.75) is 0 Å². The molecule has 0 unspecified atom stereocenters. The predicted octanol–water partition coefficient (Wildman–Crippen LogP) is 5.47. The molecule has 0 aliphatic carbocycles. The molecule has 2 aromatic carbocycles. The van der Waals surface area contributed by atoms with Crippen LogP contribution in [-0.4, -0.2) is 16.5 Å². The van der Waals surface area contributed by atoms with Gasteiger partial charge in [0.05, 0.1) is 7.11 Å². The molecule has 0 saturated carbocycles. The Morgan fingerprint density at radius 2 is 1.83 bits per heavy atom. The van der Waals surface area contributed by atoms with Crippen LogP contribution in [0.2, 0.25) is 5.02 Å². The van der Waals surface area contributed by atoms with Gasteiger partial charge >= 0.3 is 0 Å². The molecule has 4 nitrogen and oxygen atoms in total. The maximum Gasteiger partial charge on any atom is 0.195 e. The fraction of sp³-hybridized carbons (Fsp3) is 0.0556. The smallest absolute Gasteiger partial charge is 0.195 e. The number of hydrogen-bond acceptors (Lipinski definition) is 4. The number of benzene rings is 2. The van der Waals surface area contributed by atoms with Crippen molar-refractivity contribution in [3.63, 3.8) is 0 Å². The van der Waals surface area contributed by atoms with Gasteiger partial charge in [-0.1, -0.05) is 11.6 Å². The van der Waals surface area contributed by atoms with Crippen LogP contribution in [0.15, 0.2) is 60.1 Å². The van der Waals surface area contributed by atoms with Gasteiger partial charge in [-0.2, -0.15) is 0 Å². The summed E-state index contributed by atoms with van der Waals surface area (Å²) in [6.07, 6.45) is 2.01. The summed E-state index contributed by atoms with van der Waals surface area (Å²) in [4.78, 5) is 5.71. The van der Waals surface area contributed by atoms with Gasteiger partial charge in [-0.15, -0.1) is 11.3 Å². The van der Waals surface area contributed by atoms with Gasteiger partial charge in [-0.05, 0) is 48.5 Å². The molecule has 0 fully saturated rings. The van der Waals surface area contributed by atoms with E-state index in [-0.39, 0.29) is 0 Å². The van der Waals surface area contributed by atoms with Gasteiger partial charge in [-0.25, -0.2) is 4.98 Å². The largest absolute Gasteiger partial charge is 0.497 e. The summed E-state index contributed by atoms with van der Waals surface area (Å²) in [5.41, 5.74) is 2.89. The fourth-order valence-electron chi connectivity index (χ4n) is 2.53. The number of anilines is 2. The Bertz CT molecular complexity index is 974. The second kappa shape index (κ2) is 6.19. The van der Waals surface area contributed by atoms with E-state index in [1.165, 1.54) is 0 Å². The van der Waals surface area contributed by atoms with Gasteiger partial charge in [0.15, 0.2) is 4.96 Å². The Labute approximate surface area is 148 Å². The Morgan fingerprint density at radius 3 is 2.54 bits per heavy atom. The lowest BCUT2D eigenvalue weighted by Gasteiger charge is -2.09. The topological polar surface area (TPSA) is 38.6 Å². The Morgan fingerprint density at radius 1 is 1.08 bits per heavy atom. The molecule has 2 aromatic heterocycles. The Hall–Kier alpha value is -2.50. The zero-order valence-corrected chi connectivity index (χ0v) is 14.4. The number of rotatable bonds is 4. The minimum Gasteiger partial charge on any atom is -0.497 e. The summed E-state index contributed by atoms with van der Waals surface area (Å²) in [7, 11) is 1.66. The molecule has 0 aliphatic heterocycles. The number of nitrogens with one attached hydrogen (secondary N) is 1. The first-order valence-corrected chi connectivity index (χ1v) is 8.63. The van der Waals surface area contributed by atoms with Crippen LogP contribution in [0.1, 0.15) is 0 Å². The van der Waals surface area contributed by atoms with E-state index in [1.54, 1.807) is 18.4 Å². The molecule has 24 heavy (non-hydrogen) atoms. The highest BCUT2D eigenvalue weighted by Crippen LogP contribution is 2.33. The van der Waals surface area contributed by atoms with Crippen LogP contribution in [0.3, 0.4) is 0 Å². The van der Waals surface area contributed by atoms with Crippen LogP contribution in [-0.2, 0) is 0 Å². The third kappa shape index (κ3) is 2.72. The van der Waals surface area contributed by atoms with Crippen LogP contribution in [0.25, 0.3) is 16.2 Å². The average Bonchev–Trinajstić information content (AvgIpc) is 3.19. The maximum absolute atomic E-state index is 5.97. The molecular weight excluding hydrogens is 342 g/mol. The van der Waals surface area contributed by atoms with Crippen molar-refractivity contribution in [2.75, 3.05) is 12.4 Å². The van der Waals surface area contributed by atoms with Crippen molar-refractivity contribution in [2.24, 2.45) is 0 Å². The third-order valence-electron chi connectivity index (χ3n) is 3.73. The predicted molar refractivity (Wildman–Crippen MR) is 99.8 cm³/mol. The molecule has 0 radical (unpaired) electrons. The van der Waals surface area contributed by atoms with Crippen LogP contribution in [0.4, 0.5) is 11.5 Å². The highest BCUT2D eigenvalue weighted by molar-refractivity contribution is 7.15. The van der Waals surface area contributed by atoms with Crippen LogP contribution in [0.5, 0.6) is 5.75 Å². The molecule has 2 heterocycles. The van der Waals surface area contributed by atoms with E-state index >= 15 is 0 Å². The van der Waals surface area contributed by atoms with Gasteiger partial charge < -0.3 is 10.1 Å². The number of hydrogen-bond donors (Lipinski definition) is 1. The lowest BCUT2D eigenvalue weighted by atomic mass is 10.1. The molecule has 0 spiro atoms. The number of thiazole rings is 1.